The fourth-order valence-electron chi connectivity index (χ4n) is 2.90. The van der Waals surface area contributed by atoms with Crippen LogP contribution in [0.3, 0.4) is 0 Å². The van der Waals surface area contributed by atoms with Gasteiger partial charge in [0, 0.05) is 25.1 Å². The van der Waals surface area contributed by atoms with Crippen molar-refractivity contribution in [2.75, 3.05) is 13.1 Å². The van der Waals surface area contributed by atoms with Gasteiger partial charge in [-0.2, -0.15) is 0 Å². The summed E-state index contributed by atoms with van der Waals surface area (Å²) in [6.45, 7) is 6.80. The number of amides is 2. The zero-order valence-electron chi connectivity index (χ0n) is 16.9. The van der Waals surface area contributed by atoms with Crippen molar-refractivity contribution >= 4 is 11.8 Å². The van der Waals surface area contributed by atoms with Gasteiger partial charge in [-0.05, 0) is 31.7 Å². The van der Waals surface area contributed by atoms with E-state index in [0.29, 0.717) is 12.0 Å². The molecule has 4 heteroatoms. The van der Waals surface area contributed by atoms with E-state index in [2.05, 4.69) is 29.3 Å². The monoisotopic (exact) mass is 372 g/mol. The first-order valence-corrected chi connectivity index (χ1v) is 10.3. The zero-order valence-corrected chi connectivity index (χ0v) is 16.9. The molecule has 0 unspecified atom stereocenters. The molecule has 1 aromatic carbocycles. The number of nitrogens with one attached hydrogen (secondary N) is 2. The lowest BCUT2D eigenvalue weighted by molar-refractivity contribution is -0.121. The number of unbranched alkanes of at least 4 members (excludes halogenated alkanes) is 7. The maximum absolute atomic E-state index is 11.8. The molecule has 0 saturated carbocycles. The van der Waals surface area contributed by atoms with Crippen LogP contribution in [0.5, 0.6) is 0 Å². The highest BCUT2D eigenvalue weighted by molar-refractivity contribution is 5.91. The second kappa shape index (κ2) is 15.0. The summed E-state index contributed by atoms with van der Waals surface area (Å²) >= 11 is 0. The van der Waals surface area contributed by atoms with Crippen LogP contribution < -0.4 is 10.6 Å². The van der Waals surface area contributed by atoms with Crippen molar-refractivity contribution < 1.29 is 9.59 Å². The van der Waals surface area contributed by atoms with Crippen molar-refractivity contribution in [1.82, 2.24) is 10.6 Å². The van der Waals surface area contributed by atoms with Crippen LogP contribution in [0.25, 0.3) is 0 Å². The Morgan fingerprint density at radius 3 is 2.04 bits per heavy atom. The largest absolute Gasteiger partial charge is 0.356 e. The van der Waals surface area contributed by atoms with E-state index in [9.17, 15) is 9.59 Å². The average molecular weight is 373 g/mol. The Kier molecular flexibility index (Phi) is 12.7. The Labute approximate surface area is 164 Å². The summed E-state index contributed by atoms with van der Waals surface area (Å²) in [5.41, 5.74) is 1.83. The summed E-state index contributed by atoms with van der Waals surface area (Å²) in [6.07, 6.45) is 10.7. The van der Waals surface area contributed by atoms with E-state index in [1.54, 1.807) is 6.92 Å². The van der Waals surface area contributed by atoms with E-state index in [1.165, 1.54) is 31.2 Å². The molecule has 0 saturated heterocycles. The first kappa shape index (κ1) is 22.9. The Balaban J connectivity index is 1.83. The van der Waals surface area contributed by atoms with E-state index in [1.807, 2.05) is 18.2 Å². The molecule has 0 radical (unpaired) electrons. The SMILES string of the molecule is C=C(C)C(=O)NCCCCCCCCCCC(=O)NCCc1ccccc1. The first-order chi connectivity index (χ1) is 13.1. The molecule has 0 aromatic heterocycles. The van der Waals surface area contributed by atoms with E-state index in [4.69, 9.17) is 0 Å². The van der Waals surface area contributed by atoms with Crippen molar-refractivity contribution in [2.24, 2.45) is 0 Å². The van der Waals surface area contributed by atoms with Gasteiger partial charge >= 0.3 is 0 Å². The molecule has 2 amide bonds. The van der Waals surface area contributed by atoms with Gasteiger partial charge in [-0.25, -0.2) is 0 Å². The molecule has 0 fully saturated rings. The molecule has 2 N–H and O–H groups in total. The van der Waals surface area contributed by atoms with E-state index < -0.39 is 0 Å². The molecule has 0 atom stereocenters. The maximum Gasteiger partial charge on any atom is 0.246 e. The third-order valence-corrected chi connectivity index (χ3v) is 4.58. The normalized spacial score (nSPS) is 10.4. The van der Waals surface area contributed by atoms with Crippen molar-refractivity contribution in [3.63, 3.8) is 0 Å². The van der Waals surface area contributed by atoms with Gasteiger partial charge in [0.1, 0.15) is 0 Å². The standard InChI is InChI=1S/C23H36N2O2/c1-20(2)23(27)25-18-13-8-6-4-3-5-7-12-16-22(26)24-19-17-21-14-10-9-11-15-21/h9-11,14-15H,1,3-8,12-13,16-19H2,2H3,(H,24,26)(H,25,27). The number of hydrogen-bond donors (Lipinski definition) is 2. The number of benzene rings is 1. The quantitative estimate of drug-likeness (QED) is 0.350. The molecule has 0 aliphatic carbocycles. The maximum atomic E-state index is 11.8. The van der Waals surface area contributed by atoms with Crippen LogP contribution in [0.2, 0.25) is 0 Å². The number of carbonyl (C=O) groups is 2. The molecule has 150 valence electrons. The molecule has 0 bridgehead atoms. The third kappa shape index (κ3) is 12.8. The van der Waals surface area contributed by atoms with Gasteiger partial charge in [0.2, 0.25) is 11.8 Å². The minimum atomic E-state index is -0.0425. The van der Waals surface area contributed by atoms with Gasteiger partial charge in [-0.15, -0.1) is 0 Å². The molecule has 0 heterocycles. The Morgan fingerprint density at radius 1 is 0.815 bits per heavy atom. The highest BCUT2D eigenvalue weighted by Gasteiger charge is 2.01. The average Bonchev–Trinajstić information content (AvgIpc) is 2.66. The molecular weight excluding hydrogens is 336 g/mol. The minimum Gasteiger partial charge on any atom is -0.356 e. The van der Waals surface area contributed by atoms with E-state index in [0.717, 1.165) is 45.2 Å². The smallest absolute Gasteiger partial charge is 0.246 e. The first-order valence-electron chi connectivity index (χ1n) is 10.3. The van der Waals surface area contributed by atoms with Crippen LogP contribution >= 0.6 is 0 Å². The Bertz CT molecular complexity index is 555. The topological polar surface area (TPSA) is 58.2 Å². The van der Waals surface area contributed by atoms with Crippen LogP contribution in [0.4, 0.5) is 0 Å². The van der Waals surface area contributed by atoms with Crippen LogP contribution in [-0.2, 0) is 16.0 Å². The zero-order chi connectivity index (χ0) is 19.7. The third-order valence-electron chi connectivity index (χ3n) is 4.58. The van der Waals surface area contributed by atoms with Gasteiger partial charge in [0.15, 0.2) is 0 Å². The molecular formula is C23H36N2O2. The summed E-state index contributed by atoms with van der Waals surface area (Å²) in [7, 11) is 0. The minimum absolute atomic E-state index is 0.0425. The number of hydrogen-bond acceptors (Lipinski definition) is 2. The second-order valence-electron chi connectivity index (χ2n) is 7.20. The summed E-state index contributed by atoms with van der Waals surface area (Å²) in [4.78, 5) is 23.1. The molecule has 0 spiro atoms. The summed E-state index contributed by atoms with van der Waals surface area (Å²) < 4.78 is 0. The summed E-state index contributed by atoms with van der Waals surface area (Å²) in [5, 5.41) is 5.86. The number of carbonyl (C=O) groups excluding carboxylic acids is 2. The van der Waals surface area contributed by atoms with Gasteiger partial charge in [0.25, 0.3) is 0 Å². The fourth-order valence-corrected chi connectivity index (χ4v) is 2.90. The summed E-state index contributed by atoms with van der Waals surface area (Å²) in [5.74, 6) is 0.127. The molecule has 27 heavy (non-hydrogen) atoms. The van der Waals surface area contributed by atoms with Crippen molar-refractivity contribution in [3.8, 4) is 0 Å². The van der Waals surface area contributed by atoms with Crippen LogP contribution in [0.15, 0.2) is 42.5 Å². The molecule has 4 nitrogen and oxygen atoms in total. The van der Waals surface area contributed by atoms with E-state index >= 15 is 0 Å². The van der Waals surface area contributed by atoms with Gasteiger partial charge in [-0.3, -0.25) is 9.59 Å². The molecule has 0 aliphatic rings. The highest BCUT2D eigenvalue weighted by atomic mass is 16.2. The van der Waals surface area contributed by atoms with E-state index in [-0.39, 0.29) is 11.8 Å². The lowest BCUT2D eigenvalue weighted by Gasteiger charge is -2.06. The van der Waals surface area contributed by atoms with Crippen LogP contribution in [0.1, 0.15) is 70.3 Å². The second-order valence-corrected chi connectivity index (χ2v) is 7.20. The summed E-state index contributed by atoms with van der Waals surface area (Å²) in [6, 6.07) is 10.2. The molecule has 0 aliphatic heterocycles. The predicted octanol–water partition coefficient (Wildman–Crippen LogP) is 4.55. The number of rotatable bonds is 15. The predicted molar refractivity (Wildman–Crippen MR) is 113 cm³/mol. The Hall–Kier alpha value is -2.10. The van der Waals surface area contributed by atoms with Crippen molar-refractivity contribution in [3.05, 3.63) is 48.0 Å². The van der Waals surface area contributed by atoms with Crippen molar-refractivity contribution in [1.29, 1.82) is 0 Å². The lowest BCUT2D eigenvalue weighted by atomic mass is 10.1. The van der Waals surface area contributed by atoms with Gasteiger partial charge in [0.05, 0.1) is 0 Å². The van der Waals surface area contributed by atoms with Crippen LogP contribution in [0, 0.1) is 0 Å². The van der Waals surface area contributed by atoms with Gasteiger partial charge in [-0.1, -0.05) is 75.4 Å². The molecule has 1 rings (SSSR count). The molecule has 1 aromatic rings. The Morgan fingerprint density at radius 2 is 1.41 bits per heavy atom. The van der Waals surface area contributed by atoms with Gasteiger partial charge < -0.3 is 10.6 Å². The van der Waals surface area contributed by atoms with Crippen LogP contribution in [-0.4, -0.2) is 24.9 Å². The highest BCUT2D eigenvalue weighted by Crippen LogP contribution is 2.09. The van der Waals surface area contributed by atoms with Crippen molar-refractivity contribution in [2.45, 2.75) is 71.1 Å². The fraction of sp³-hybridized carbons (Fsp3) is 0.565. The lowest BCUT2D eigenvalue weighted by Crippen LogP contribution is -2.25.